The van der Waals surface area contributed by atoms with Gasteiger partial charge in [0.25, 0.3) is 0 Å². The van der Waals surface area contributed by atoms with Crippen LogP contribution >= 0.6 is 11.8 Å². The zero-order valence-electron chi connectivity index (χ0n) is 8.26. The van der Waals surface area contributed by atoms with Crippen molar-refractivity contribution in [2.24, 2.45) is 5.73 Å². The fourth-order valence-electron chi connectivity index (χ4n) is 1.22. The summed E-state index contributed by atoms with van der Waals surface area (Å²) in [7, 11) is 0. The Hall–Kier alpha value is -1.32. The molecule has 0 aliphatic carbocycles. The molecule has 1 aromatic carbocycles. The Balaban J connectivity index is 2.11. The number of benzene rings is 1. The van der Waals surface area contributed by atoms with Gasteiger partial charge in [0.15, 0.2) is 0 Å². The van der Waals surface area contributed by atoms with Crippen LogP contribution in [0, 0.1) is 0 Å². The summed E-state index contributed by atoms with van der Waals surface area (Å²) in [4.78, 5) is 5.44. The molecule has 0 radical (unpaired) electrons. The van der Waals surface area contributed by atoms with Gasteiger partial charge >= 0.3 is 0 Å². The maximum atomic E-state index is 5.53. The van der Waals surface area contributed by atoms with Crippen molar-refractivity contribution >= 4 is 11.8 Å². The first kappa shape index (κ1) is 10.2. The first-order chi connectivity index (χ1) is 7.38. The Bertz CT molecular complexity index is 411. The van der Waals surface area contributed by atoms with E-state index in [0.717, 1.165) is 10.6 Å². The van der Waals surface area contributed by atoms with E-state index in [1.807, 2.05) is 30.3 Å². The van der Waals surface area contributed by atoms with E-state index in [2.05, 4.69) is 17.1 Å². The Morgan fingerprint density at radius 2 is 1.87 bits per heavy atom. The standard InChI is InChI=1S/C12H12N2S/c13-9-10-4-6-11(7-5-10)15-12-3-1-2-8-14-12/h1-8H,9,13H2. The molecule has 0 saturated carbocycles. The van der Waals surface area contributed by atoms with E-state index in [4.69, 9.17) is 5.73 Å². The smallest absolute Gasteiger partial charge is 0.101 e. The maximum absolute atomic E-state index is 5.53. The lowest BCUT2D eigenvalue weighted by molar-refractivity contribution is 1.06. The Morgan fingerprint density at radius 1 is 1.07 bits per heavy atom. The molecule has 0 saturated heterocycles. The molecule has 2 aromatic rings. The minimum absolute atomic E-state index is 0.592. The summed E-state index contributed by atoms with van der Waals surface area (Å²) in [6.07, 6.45) is 1.80. The van der Waals surface area contributed by atoms with E-state index in [1.165, 1.54) is 4.90 Å². The van der Waals surface area contributed by atoms with Crippen molar-refractivity contribution in [1.29, 1.82) is 0 Å². The van der Waals surface area contributed by atoms with Crippen molar-refractivity contribution in [1.82, 2.24) is 4.98 Å². The van der Waals surface area contributed by atoms with E-state index in [1.54, 1.807) is 18.0 Å². The topological polar surface area (TPSA) is 38.9 Å². The number of rotatable bonds is 3. The zero-order valence-corrected chi connectivity index (χ0v) is 9.08. The number of aromatic nitrogens is 1. The van der Waals surface area contributed by atoms with Crippen molar-refractivity contribution in [3.05, 3.63) is 54.2 Å². The van der Waals surface area contributed by atoms with Crippen LogP contribution in [0.1, 0.15) is 5.56 Å². The van der Waals surface area contributed by atoms with E-state index in [0.29, 0.717) is 6.54 Å². The van der Waals surface area contributed by atoms with Crippen LogP contribution in [0.4, 0.5) is 0 Å². The summed E-state index contributed by atoms with van der Waals surface area (Å²) in [6, 6.07) is 14.1. The number of pyridine rings is 1. The predicted molar refractivity (Wildman–Crippen MR) is 62.7 cm³/mol. The summed E-state index contributed by atoms with van der Waals surface area (Å²) in [5, 5.41) is 1.01. The summed E-state index contributed by atoms with van der Waals surface area (Å²) in [5.74, 6) is 0. The van der Waals surface area contributed by atoms with Crippen LogP contribution in [0.25, 0.3) is 0 Å². The van der Waals surface area contributed by atoms with Gasteiger partial charge in [0.2, 0.25) is 0 Å². The number of hydrogen-bond donors (Lipinski definition) is 1. The third-order valence-electron chi connectivity index (χ3n) is 2.02. The van der Waals surface area contributed by atoms with Gasteiger partial charge in [0, 0.05) is 17.6 Å². The minimum atomic E-state index is 0.592. The highest BCUT2D eigenvalue weighted by Crippen LogP contribution is 2.25. The highest BCUT2D eigenvalue weighted by atomic mass is 32.2. The van der Waals surface area contributed by atoms with E-state index < -0.39 is 0 Å². The van der Waals surface area contributed by atoms with Gasteiger partial charge in [0.05, 0.1) is 0 Å². The Morgan fingerprint density at radius 3 is 2.47 bits per heavy atom. The maximum Gasteiger partial charge on any atom is 0.101 e. The molecule has 15 heavy (non-hydrogen) atoms. The third kappa shape index (κ3) is 2.81. The van der Waals surface area contributed by atoms with Crippen LogP contribution in [0.15, 0.2) is 58.6 Å². The molecule has 0 atom stereocenters. The summed E-state index contributed by atoms with van der Waals surface area (Å²) in [5.41, 5.74) is 6.69. The SMILES string of the molecule is NCc1ccc(Sc2ccccn2)cc1. The van der Waals surface area contributed by atoms with Gasteiger partial charge in [-0.15, -0.1) is 0 Å². The number of hydrogen-bond acceptors (Lipinski definition) is 3. The number of nitrogens with zero attached hydrogens (tertiary/aromatic N) is 1. The second-order valence-electron chi connectivity index (χ2n) is 3.12. The molecule has 0 fully saturated rings. The van der Waals surface area contributed by atoms with Gasteiger partial charge in [-0.1, -0.05) is 30.0 Å². The number of nitrogens with two attached hydrogens (primary N) is 1. The van der Waals surface area contributed by atoms with Gasteiger partial charge in [0.1, 0.15) is 5.03 Å². The second kappa shape index (κ2) is 4.96. The van der Waals surface area contributed by atoms with Crippen molar-refractivity contribution in [2.45, 2.75) is 16.5 Å². The Kier molecular flexibility index (Phi) is 3.37. The Labute approximate surface area is 93.5 Å². The molecule has 1 heterocycles. The van der Waals surface area contributed by atoms with Crippen molar-refractivity contribution < 1.29 is 0 Å². The van der Waals surface area contributed by atoms with E-state index in [9.17, 15) is 0 Å². The van der Waals surface area contributed by atoms with Gasteiger partial charge in [-0.05, 0) is 29.8 Å². The predicted octanol–water partition coefficient (Wildman–Crippen LogP) is 2.69. The molecule has 0 unspecified atom stereocenters. The molecule has 3 heteroatoms. The van der Waals surface area contributed by atoms with E-state index in [-0.39, 0.29) is 0 Å². The van der Waals surface area contributed by atoms with E-state index >= 15 is 0 Å². The molecule has 2 N–H and O–H groups in total. The molecule has 0 bridgehead atoms. The second-order valence-corrected chi connectivity index (χ2v) is 4.21. The molecule has 2 rings (SSSR count). The monoisotopic (exact) mass is 216 g/mol. The molecular formula is C12H12N2S. The fraction of sp³-hybridized carbons (Fsp3) is 0.0833. The molecule has 0 spiro atoms. The van der Waals surface area contributed by atoms with Crippen molar-refractivity contribution in [2.75, 3.05) is 0 Å². The van der Waals surface area contributed by atoms with Crippen molar-refractivity contribution in [3.8, 4) is 0 Å². The van der Waals surface area contributed by atoms with Crippen LogP contribution in [-0.2, 0) is 6.54 Å². The molecule has 1 aromatic heterocycles. The lowest BCUT2D eigenvalue weighted by atomic mass is 10.2. The first-order valence-electron chi connectivity index (χ1n) is 4.76. The van der Waals surface area contributed by atoms with Gasteiger partial charge < -0.3 is 5.73 Å². The minimum Gasteiger partial charge on any atom is -0.326 e. The molecule has 2 nitrogen and oxygen atoms in total. The molecular weight excluding hydrogens is 204 g/mol. The lowest BCUT2D eigenvalue weighted by Gasteiger charge is -2.01. The van der Waals surface area contributed by atoms with Gasteiger partial charge in [-0.2, -0.15) is 0 Å². The highest BCUT2D eigenvalue weighted by molar-refractivity contribution is 7.99. The van der Waals surface area contributed by atoms with Gasteiger partial charge in [-0.3, -0.25) is 0 Å². The van der Waals surface area contributed by atoms with Crippen LogP contribution in [0.2, 0.25) is 0 Å². The van der Waals surface area contributed by atoms with Crippen LogP contribution in [-0.4, -0.2) is 4.98 Å². The fourth-order valence-corrected chi connectivity index (χ4v) is 2.00. The molecule has 76 valence electrons. The normalized spacial score (nSPS) is 10.2. The van der Waals surface area contributed by atoms with Crippen LogP contribution in [0.5, 0.6) is 0 Å². The first-order valence-corrected chi connectivity index (χ1v) is 5.58. The van der Waals surface area contributed by atoms with Crippen LogP contribution in [0.3, 0.4) is 0 Å². The zero-order chi connectivity index (χ0) is 10.5. The highest BCUT2D eigenvalue weighted by Gasteiger charge is 1.97. The summed E-state index contributed by atoms with van der Waals surface area (Å²) < 4.78 is 0. The third-order valence-corrected chi connectivity index (χ3v) is 2.98. The summed E-state index contributed by atoms with van der Waals surface area (Å²) >= 11 is 1.65. The molecule has 0 aliphatic heterocycles. The average molecular weight is 216 g/mol. The average Bonchev–Trinajstić information content (AvgIpc) is 2.31. The summed E-state index contributed by atoms with van der Waals surface area (Å²) in [6.45, 7) is 0.592. The van der Waals surface area contributed by atoms with Gasteiger partial charge in [-0.25, -0.2) is 4.98 Å². The lowest BCUT2D eigenvalue weighted by Crippen LogP contribution is -1.94. The van der Waals surface area contributed by atoms with Crippen LogP contribution < -0.4 is 5.73 Å². The molecule has 0 aliphatic rings. The molecule has 0 amide bonds. The largest absolute Gasteiger partial charge is 0.326 e. The quantitative estimate of drug-likeness (QED) is 0.857. The van der Waals surface area contributed by atoms with Crippen molar-refractivity contribution in [3.63, 3.8) is 0 Å².